The summed E-state index contributed by atoms with van der Waals surface area (Å²) in [5, 5.41) is 4.36. The number of likely N-dealkylation sites (tertiary alicyclic amines) is 1. The summed E-state index contributed by atoms with van der Waals surface area (Å²) >= 11 is 0. The molecule has 4 heteroatoms. The molecule has 2 rings (SSSR count). The third-order valence-electron chi connectivity index (χ3n) is 3.18. The van der Waals surface area contributed by atoms with Gasteiger partial charge in [0.05, 0.1) is 6.54 Å². The molecule has 2 saturated heterocycles. The van der Waals surface area contributed by atoms with Crippen molar-refractivity contribution in [3.63, 3.8) is 0 Å². The Morgan fingerprint density at radius 2 is 1.80 bits per heavy atom. The van der Waals surface area contributed by atoms with Crippen molar-refractivity contribution in [2.24, 2.45) is 0 Å². The van der Waals surface area contributed by atoms with Crippen molar-refractivity contribution in [3.8, 4) is 0 Å². The average molecular weight is 210 g/mol. The lowest BCUT2D eigenvalue weighted by Crippen LogP contribution is -2.40. The van der Waals surface area contributed by atoms with E-state index in [1.54, 1.807) is 0 Å². The summed E-state index contributed by atoms with van der Waals surface area (Å²) in [6.07, 6.45) is 3.47. The minimum absolute atomic E-state index is 0.314. The van der Waals surface area contributed by atoms with Crippen LogP contribution in [0.4, 0.5) is 0 Å². The number of carbonyl (C=O) groups excluding carboxylic acids is 1. The van der Waals surface area contributed by atoms with E-state index >= 15 is 0 Å². The Morgan fingerprint density at radius 3 is 2.60 bits per heavy atom. The zero-order chi connectivity index (χ0) is 10.5. The van der Waals surface area contributed by atoms with Gasteiger partial charge in [-0.3, -0.25) is 9.69 Å². The highest BCUT2D eigenvalue weighted by molar-refractivity contribution is 5.78. The second-order valence-electron chi connectivity index (χ2n) is 4.39. The Labute approximate surface area is 91.6 Å². The Balaban J connectivity index is 1.76. The fourth-order valence-corrected chi connectivity index (χ4v) is 2.26. The zero-order valence-electron chi connectivity index (χ0n) is 9.32. The second kappa shape index (κ2) is 5.47. The molecule has 0 unspecified atom stereocenters. The fourth-order valence-electron chi connectivity index (χ4n) is 2.26. The first-order chi connectivity index (χ1) is 7.36. The van der Waals surface area contributed by atoms with Crippen LogP contribution in [0.5, 0.6) is 0 Å². The maximum Gasteiger partial charge on any atom is 0.236 e. The predicted molar refractivity (Wildman–Crippen MR) is 58.7 cm³/mol. The van der Waals surface area contributed by atoms with Gasteiger partial charge in [-0.2, -0.15) is 0 Å². The number of nitrogens with zero attached hydrogens (tertiary/aromatic N) is 3. The molecule has 4 nitrogen and oxygen atoms in total. The summed E-state index contributed by atoms with van der Waals surface area (Å²) < 4.78 is 0. The molecule has 0 aromatic heterocycles. The molecule has 0 N–H and O–H groups in total. The van der Waals surface area contributed by atoms with Gasteiger partial charge in [0, 0.05) is 32.7 Å². The van der Waals surface area contributed by atoms with Gasteiger partial charge in [0.25, 0.3) is 0 Å². The molecule has 2 heterocycles. The molecule has 2 fully saturated rings. The number of hydrogen-bond donors (Lipinski definition) is 0. The Morgan fingerprint density at radius 1 is 1.00 bits per heavy atom. The van der Waals surface area contributed by atoms with E-state index in [1.165, 1.54) is 12.8 Å². The predicted octanol–water partition coefficient (Wildman–Crippen LogP) is -0.0811. The molecule has 0 spiro atoms. The van der Waals surface area contributed by atoms with E-state index in [0.29, 0.717) is 12.5 Å². The van der Waals surface area contributed by atoms with Crippen molar-refractivity contribution in [2.75, 3.05) is 45.8 Å². The van der Waals surface area contributed by atoms with Crippen molar-refractivity contribution in [1.82, 2.24) is 15.1 Å². The van der Waals surface area contributed by atoms with Crippen LogP contribution in [0.15, 0.2) is 0 Å². The maximum absolute atomic E-state index is 11.9. The molecule has 0 aromatic carbocycles. The van der Waals surface area contributed by atoms with Crippen LogP contribution < -0.4 is 5.32 Å². The number of hydrogen-bond acceptors (Lipinski definition) is 2. The Kier molecular flexibility index (Phi) is 3.97. The van der Waals surface area contributed by atoms with Gasteiger partial charge in [0.2, 0.25) is 5.91 Å². The van der Waals surface area contributed by atoms with Crippen molar-refractivity contribution >= 4 is 5.91 Å². The van der Waals surface area contributed by atoms with Crippen molar-refractivity contribution < 1.29 is 4.79 Å². The summed E-state index contributed by atoms with van der Waals surface area (Å²) in [6, 6.07) is 0. The molecule has 1 radical (unpaired) electrons. The Bertz CT molecular complexity index is 206. The topological polar surface area (TPSA) is 37.7 Å². The van der Waals surface area contributed by atoms with Crippen LogP contribution in [0.25, 0.3) is 0 Å². The number of amides is 1. The monoisotopic (exact) mass is 210 g/mol. The van der Waals surface area contributed by atoms with E-state index in [1.807, 2.05) is 4.90 Å². The van der Waals surface area contributed by atoms with E-state index in [2.05, 4.69) is 10.2 Å². The summed E-state index contributed by atoms with van der Waals surface area (Å²) in [7, 11) is 0. The maximum atomic E-state index is 11.9. The quantitative estimate of drug-likeness (QED) is 0.639. The first-order valence-corrected chi connectivity index (χ1v) is 5.99. The van der Waals surface area contributed by atoms with Crippen LogP contribution >= 0.6 is 0 Å². The SMILES string of the molecule is O=C(CN1CCC[N]CC1)N1CCCC1. The van der Waals surface area contributed by atoms with Crippen molar-refractivity contribution in [3.05, 3.63) is 0 Å². The average Bonchev–Trinajstić information content (AvgIpc) is 2.65. The molecule has 0 atom stereocenters. The molecule has 15 heavy (non-hydrogen) atoms. The van der Waals surface area contributed by atoms with E-state index in [9.17, 15) is 4.79 Å². The van der Waals surface area contributed by atoms with E-state index in [0.717, 1.165) is 45.7 Å². The molecule has 2 aliphatic rings. The molecule has 1 amide bonds. The zero-order valence-corrected chi connectivity index (χ0v) is 9.32. The van der Waals surface area contributed by atoms with Gasteiger partial charge in [-0.15, -0.1) is 0 Å². The van der Waals surface area contributed by atoms with Gasteiger partial charge >= 0.3 is 0 Å². The lowest BCUT2D eigenvalue weighted by Gasteiger charge is -2.22. The lowest BCUT2D eigenvalue weighted by atomic mass is 10.3. The van der Waals surface area contributed by atoms with Crippen LogP contribution in [0.1, 0.15) is 19.3 Å². The van der Waals surface area contributed by atoms with Gasteiger partial charge in [-0.25, -0.2) is 5.32 Å². The van der Waals surface area contributed by atoms with Crippen molar-refractivity contribution in [1.29, 1.82) is 0 Å². The molecule has 0 aromatic rings. The van der Waals surface area contributed by atoms with Gasteiger partial charge < -0.3 is 4.90 Å². The van der Waals surface area contributed by atoms with Gasteiger partial charge in [0.1, 0.15) is 0 Å². The van der Waals surface area contributed by atoms with E-state index < -0.39 is 0 Å². The first-order valence-electron chi connectivity index (χ1n) is 5.99. The van der Waals surface area contributed by atoms with Gasteiger partial charge in [0.15, 0.2) is 0 Å². The fraction of sp³-hybridized carbons (Fsp3) is 0.909. The third kappa shape index (κ3) is 3.18. The summed E-state index contributed by atoms with van der Waals surface area (Å²) in [4.78, 5) is 16.1. The van der Waals surface area contributed by atoms with Crippen LogP contribution in [0.2, 0.25) is 0 Å². The largest absolute Gasteiger partial charge is 0.342 e. The third-order valence-corrected chi connectivity index (χ3v) is 3.18. The highest BCUT2D eigenvalue weighted by atomic mass is 16.2. The van der Waals surface area contributed by atoms with Gasteiger partial charge in [-0.1, -0.05) is 0 Å². The molecule has 0 saturated carbocycles. The molecular weight excluding hydrogens is 190 g/mol. The van der Waals surface area contributed by atoms with Crippen LogP contribution in [0, 0.1) is 0 Å². The smallest absolute Gasteiger partial charge is 0.236 e. The second-order valence-corrected chi connectivity index (χ2v) is 4.39. The highest BCUT2D eigenvalue weighted by Crippen LogP contribution is 2.08. The Hall–Kier alpha value is -0.610. The lowest BCUT2D eigenvalue weighted by molar-refractivity contribution is -0.131. The summed E-state index contributed by atoms with van der Waals surface area (Å²) in [5.74, 6) is 0.314. The first kappa shape index (κ1) is 10.9. The van der Waals surface area contributed by atoms with Crippen LogP contribution in [0.3, 0.4) is 0 Å². The molecule has 0 aliphatic carbocycles. The molecule has 0 bridgehead atoms. The van der Waals surface area contributed by atoms with Crippen molar-refractivity contribution in [2.45, 2.75) is 19.3 Å². The summed E-state index contributed by atoms with van der Waals surface area (Å²) in [6.45, 7) is 6.40. The molecular formula is C11H20N3O. The number of rotatable bonds is 2. The normalized spacial score (nSPS) is 24.1. The molecule has 85 valence electrons. The van der Waals surface area contributed by atoms with Crippen LogP contribution in [-0.2, 0) is 4.79 Å². The number of carbonyl (C=O) groups is 1. The minimum atomic E-state index is 0.314. The standard InChI is InChI=1S/C11H20N3O/c15-11(14-7-1-2-8-14)10-13-6-3-4-12-5-9-13/h1-10H2. The highest BCUT2D eigenvalue weighted by Gasteiger charge is 2.20. The summed E-state index contributed by atoms with van der Waals surface area (Å²) in [5.41, 5.74) is 0. The van der Waals surface area contributed by atoms with E-state index in [-0.39, 0.29) is 0 Å². The van der Waals surface area contributed by atoms with Crippen LogP contribution in [-0.4, -0.2) is 61.5 Å². The molecule has 2 aliphatic heterocycles. The minimum Gasteiger partial charge on any atom is -0.342 e. The van der Waals surface area contributed by atoms with E-state index in [4.69, 9.17) is 0 Å². The van der Waals surface area contributed by atoms with Gasteiger partial charge in [-0.05, 0) is 25.8 Å².